The van der Waals surface area contributed by atoms with Gasteiger partial charge in [-0.1, -0.05) is 18.2 Å². The van der Waals surface area contributed by atoms with E-state index in [2.05, 4.69) is 15.3 Å². The molecule has 0 atom stereocenters. The second-order valence-electron chi connectivity index (χ2n) is 5.62. The van der Waals surface area contributed by atoms with E-state index in [1.54, 1.807) is 48.8 Å². The predicted molar refractivity (Wildman–Crippen MR) is 98.7 cm³/mol. The lowest BCUT2D eigenvalue weighted by Crippen LogP contribution is -2.16. The number of hydrogen-bond acceptors (Lipinski definition) is 4. The first-order valence-electron chi connectivity index (χ1n) is 8.12. The molecule has 0 aliphatic heterocycles. The van der Waals surface area contributed by atoms with Crippen molar-refractivity contribution in [3.05, 3.63) is 78.9 Å². The number of ether oxygens (including phenoxy) is 2. The largest absolute Gasteiger partial charge is 0.453 e. The molecule has 0 unspecified atom stereocenters. The first-order chi connectivity index (χ1) is 13.2. The Bertz CT molecular complexity index is 1100. The van der Waals surface area contributed by atoms with Crippen LogP contribution in [0.3, 0.4) is 0 Å². The van der Waals surface area contributed by atoms with Crippen LogP contribution in [-0.4, -0.2) is 16.1 Å². The second kappa shape index (κ2) is 7.17. The SMILES string of the molecule is O=C(Nc1ccc(Oc2ccnc3[nH]ccc23)c(F)c1)Oc1ccccc1. The van der Waals surface area contributed by atoms with Gasteiger partial charge in [0.2, 0.25) is 0 Å². The molecule has 0 saturated carbocycles. The molecule has 0 spiro atoms. The van der Waals surface area contributed by atoms with Gasteiger partial charge in [-0.3, -0.25) is 5.32 Å². The highest BCUT2D eigenvalue weighted by atomic mass is 19.1. The number of aromatic nitrogens is 2. The number of carbonyl (C=O) groups is 1. The van der Waals surface area contributed by atoms with E-state index in [9.17, 15) is 9.18 Å². The van der Waals surface area contributed by atoms with Crippen molar-refractivity contribution in [3.63, 3.8) is 0 Å². The van der Waals surface area contributed by atoms with Crippen LogP contribution in [0.4, 0.5) is 14.9 Å². The molecule has 2 aromatic carbocycles. The van der Waals surface area contributed by atoms with Crippen molar-refractivity contribution < 1.29 is 18.7 Å². The molecule has 0 fully saturated rings. The molecule has 0 aliphatic rings. The lowest BCUT2D eigenvalue weighted by molar-refractivity contribution is 0.215. The van der Waals surface area contributed by atoms with Gasteiger partial charge >= 0.3 is 6.09 Å². The minimum Gasteiger partial charge on any atom is -0.453 e. The number of pyridine rings is 1. The molecular weight excluding hydrogens is 349 g/mol. The van der Waals surface area contributed by atoms with E-state index in [4.69, 9.17) is 9.47 Å². The molecule has 0 saturated heterocycles. The Kier molecular flexibility index (Phi) is 4.40. The van der Waals surface area contributed by atoms with Crippen LogP contribution < -0.4 is 14.8 Å². The lowest BCUT2D eigenvalue weighted by Gasteiger charge is -2.10. The van der Waals surface area contributed by atoms with Crippen molar-refractivity contribution in [2.45, 2.75) is 0 Å². The Balaban J connectivity index is 1.48. The Hall–Kier alpha value is -3.87. The Morgan fingerprint density at radius 1 is 1.04 bits per heavy atom. The fourth-order valence-electron chi connectivity index (χ4n) is 2.54. The molecule has 4 rings (SSSR count). The summed E-state index contributed by atoms with van der Waals surface area (Å²) in [4.78, 5) is 19.0. The number of amides is 1. The van der Waals surface area contributed by atoms with Gasteiger partial charge in [-0.2, -0.15) is 0 Å². The van der Waals surface area contributed by atoms with Gasteiger partial charge in [-0.25, -0.2) is 14.2 Å². The predicted octanol–water partition coefficient (Wildman–Crippen LogP) is 5.11. The summed E-state index contributed by atoms with van der Waals surface area (Å²) in [6, 6.07) is 16.2. The fourth-order valence-corrected chi connectivity index (χ4v) is 2.54. The van der Waals surface area contributed by atoms with Crippen LogP contribution in [0.25, 0.3) is 11.0 Å². The number of rotatable bonds is 4. The maximum atomic E-state index is 14.4. The summed E-state index contributed by atoms with van der Waals surface area (Å²) in [6.07, 6.45) is 2.59. The van der Waals surface area contributed by atoms with Crippen LogP contribution in [0.2, 0.25) is 0 Å². The molecule has 0 radical (unpaired) electrons. The summed E-state index contributed by atoms with van der Waals surface area (Å²) >= 11 is 0. The van der Waals surface area contributed by atoms with Gasteiger partial charge in [0.1, 0.15) is 17.1 Å². The van der Waals surface area contributed by atoms with Gasteiger partial charge < -0.3 is 14.5 Å². The van der Waals surface area contributed by atoms with Crippen LogP contribution in [0.15, 0.2) is 73.1 Å². The Morgan fingerprint density at radius 2 is 1.89 bits per heavy atom. The average molecular weight is 363 g/mol. The number of nitrogens with one attached hydrogen (secondary N) is 2. The standard InChI is InChI=1S/C20H14FN3O3/c21-16-12-13(24-20(25)26-14-4-2-1-3-5-14)6-7-18(16)27-17-9-11-23-19-15(17)8-10-22-19/h1-12H,(H,22,23)(H,24,25). The van der Waals surface area contributed by atoms with Gasteiger partial charge in [-0.15, -0.1) is 0 Å². The molecule has 2 aromatic heterocycles. The van der Waals surface area contributed by atoms with Gasteiger partial charge in [0.15, 0.2) is 11.6 Å². The summed E-state index contributed by atoms with van der Waals surface area (Å²) in [5.41, 5.74) is 0.900. The lowest BCUT2D eigenvalue weighted by atomic mass is 10.2. The number of nitrogens with zero attached hydrogens (tertiary/aromatic N) is 1. The highest BCUT2D eigenvalue weighted by molar-refractivity contribution is 5.86. The number of para-hydroxylation sites is 1. The van der Waals surface area contributed by atoms with Crippen molar-refractivity contribution in [2.75, 3.05) is 5.32 Å². The average Bonchev–Trinajstić information content (AvgIpc) is 3.14. The number of benzene rings is 2. The highest BCUT2D eigenvalue weighted by Gasteiger charge is 2.11. The van der Waals surface area contributed by atoms with E-state index >= 15 is 0 Å². The molecule has 0 bridgehead atoms. The third-order valence-electron chi connectivity index (χ3n) is 3.77. The van der Waals surface area contributed by atoms with E-state index in [0.717, 1.165) is 11.5 Å². The van der Waals surface area contributed by atoms with E-state index in [1.165, 1.54) is 12.1 Å². The van der Waals surface area contributed by atoms with Crippen molar-refractivity contribution in [1.82, 2.24) is 9.97 Å². The van der Waals surface area contributed by atoms with E-state index in [1.807, 2.05) is 6.07 Å². The molecule has 1 amide bonds. The van der Waals surface area contributed by atoms with Crippen LogP contribution in [0.1, 0.15) is 0 Å². The van der Waals surface area contributed by atoms with Crippen molar-refractivity contribution >= 4 is 22.8 Å². The van der Waals surface area contributed by atoms with Crippen molar-refractivity contribution in [3.8, 4) is 17.2 Å². The monoisotopic (exact) mass is 363 g/mol. The van der Waals surface area contributed by atoms with Gasteiger partial charge in [0, 0.05) is 24.1 Å². The maximum absolute atomic E-state index is 14.4. The highest BCUT2D eigenvalue weighted by Crippen LogP contribution is 2.31. The second-order valence-corrected chi connectivity index (χ2v) is 5.62. The minimum absolute atomic E-state index is 0.0330. The Morgan fingerprint density at radius 3 is 2.70 bits per heavy atom. The fraction of sp³-hybridized carbons (Fsp3) is 0. The van der Waals surface area contributed by atoms with E-state index in [0.29, 0.717) is 17.1 Å². The molecule has 134 valence electrons. The zero-order chi connectivity index (χ0) is 18.6. The summed E-state index contributed by atoms with van der Waals surface area (Å²) in [5.74, 6) is 0.284. The zero-order valence-electron chi connectivity index (χ0n) is 14.0. The van der Waals surface area contributed by atoms with Crippen LogP contribution in [-0.2, 0) is 0 Å². The number of fused-ring (bicyclic) bond motifs is 1. The molecule has 27 heavy (non-hydrogen) atoms. The topological polar surface area (TPSA) is 76.2 Å². The summed E-state index contributed by atoms with van der Waals surface area (Å²) in [6.45, 7) is 0. The molecule has 2 heterocycles. The first kappa shape index (κ1) is 16.6. The molecule has 7 heteroatoms. The number of carbonyl (C=O) groups excluding carboxylic acids is 1. The number of hydrogen-bond donors (Lipinski definition) is 2. The third kappa shape index (κ3) is 3.72. The van der Waals surface area contributed by atoms with Gasteiger partial charge in [0.25, 0.3) is 0 Å². The van der Waals surface area contributed by atoms with Crippen molar-refractivity contribution in [2.24, 2.45) is 0 Å². The smallest absolute Gasteiger partial charge is 0.417 e. The van der Waals surface area contributed by atoms with Crippen LogP contribution in [0, 0.1) is 5.82 Å². The van der Waals surface area contributed by atoms with E-state index < -0.39 is 11.9 Å². The molecule has 6 nitrogen and oxygen atoms in total. The summed E-state index contributed by atoms with van der Waals surface area (Å²) in [5, 5.41) is 3.22. The summed E-state index contributed by atoms with van der Waals surface area (Å²) in [7, 11) is 0. The van der Waals surface area contributed by atoms with Crippen LogP contribution in [0.5, 0.6) is 17.2 Å². The maximum Gasteiger partial charge on any atom is 0.417 e. The molecule has 0 aliphatic carbocycles. The van der Waals surface area contributed by atoms with Gasteiger partial charge in [-0.05, 0) is 36.4 Å². The normalized spacial score (nSPS) is 10.6. The zero-order valence-corrected chi connectivity index (χ0v) is 14.0. The van der Waals surface area contributed by atoms with E-state index in [-0.39, 0.29) is 11.4 Å². The van der Waals surface area contributed by atoms with Gasteiger partial charge in [0.05, 0.1) is 5.39 Å². The number of aromatic amines is 1. The quantitative estimate of drug-likeness (QED) is 0.528. The number of halogens is 1. The number of H-pyrrole nitrogens is 1. The number of anilines is 1. The molecular formula is C20H14FN3O3. The Labute approximate surface area is 153 Å². The minimum atomic E-state index is -0.711. The third-order valence-corrected chi connectivity index (χ3v) is 3.77. The molecule has 4 aromatic rings. The molecule has 2 N–H and O–H groups in total. The van der Waals surface area contributed by atoms with Crippen molar-refractivity contribution in [1.29, 1.82) is 0 Å². The van der Waals surface area contributed by atoms with Crippen LogP contribution >= 0.6 is 0 Å². The first-order valence-corrected chi connectivity index (χ1v) is 8.12. The summed E-state index contributed by atoms with van der Waals surface area (Å²) < 4.78 is 25.2.